The van der Waals surface area contributed by atoms with E-state index in [2.05, 4.69) is 35.8 Å². The molecule has 138 valence electrons. The summed E-state index contributed by atoms with van der Waals surface area (Å²) < 4.78 is 5.13. The first kappa shape index (κ1) is 19.3. The number of carbonyl (C=O) groups is 1. The summed E-state index contributed by atoms with van der Waals surface area (Å²) in [5.74, 6) is 1.12. The van der Waals surface area contributed by atoms with Crippen LogP contribution in [0.4, 0.5) is 5.69 Å². The Kier molecular flexibility index (Phi) is 5.98. The number of thioether (sulfide) groups is 1. The fourth-order valence-corrected chi connectivity index (χ4v) is 5.07. The number of benzene rings is 2. The monoisotopic (exact) mass is 433 g/mol. The highest BCUT2D eigenvalue weighted by Gasteiger charge is 2.49. The predicted molar refractivity (Wildman–Crippen MR) is 113 cm³/mol. The molecule has 1 atom stereocenters. The molecule has 1 unspecified atom stereocenters. The van der Waals surface area contributed by atoms with Crippen LogP contribution >= 0.6 is 27.7 Å². The minimum Gasteiger partial charge on any atom is -0.494 e. The number of nitrogens with zero attached hydrogens (tertiary/aromatic N) is 1. The molecule has 0 aliphatic carbocycles. The Morgan fingerprint density at radius 1 is 1.15 bits per heavy atom. The second-order valence-electron chi connectivity index (χ2n) is 6.74. The van der Waals surface area contributed by atoms with E-state index in [9.17, 15) is 4.79 Å². The first-order valence-corrected chi connectivity index (χ1v) is 10.8. The van der Waals surface area contributed by atoms with Gasteiger partial charge in [-0.15, -0.1) is 11.8 Å². The second kappa shape index (κ2) is 8.05. The number of anilines is 1. The minimum absolute atomic E-state index is 0.129. The van der Waals surface area contributed by atoms with E-state index in [0.717, 1.165) is 33.6 Å². The molecular formula is C21H24BrNO2S. The van der Waals surface area contributed by atoms with E-state index >= 15 is 0 Å². The highest BCUT2D eigenvalue weighted by Crippen LogP contribution is 2.54. The Bertz CT molecular complexity index is 778. The van der Waals surface area contributed by atoms with Gasteiger partial charge in [-0.05, 0) is 42.2 Å². The lowest BCUT2D eigenvalue weighted by molar-refractivity contribution is -0.122. The first-order valence-electron chi connectivity index (χ1n) is 8.86. The molecule has 1 heterocycles. The van der Waals surface area contributed by atoms with Gasteiger partial charge >= 0.3 is 0 Å². The van der Waals surface area contributed by atoms with E-state index in [1.165, 1.54) is 0 Å². The van der Waals surface area contributed by atoms with E-state index in [1.807, 2.05) is 49.5 Å². The summed E-state index contributed by atoms with van der Waals surface area (Å²) in [6.07, 6.45) is 0.966. The van der Waals surface area contributed by atoms with Crippen LogP contribution in [0, 0.1) is 5.92 Å². The van der Waals surface area contributed by atoms with Gasteiger partial charge in [-0.25, -0.2) is 0 Å². The summed E-state index contributed by atoms with van der Waals surface area (Å²) in [6.45, 7) is 4.92. The van der Waals surface area contributed by atoms with Gasteiger partial charge in [-0.1, -0.05) is 54.0 Å². The SMILES string of the molecule is CC(C)C1(c2ccc(OCCCBr)cc2)Sc2ccccc2N(C)C1=O. The standard InChI is InChI=1S/C21H24BrNO2S/c1-15(2)21(16-9-11-17(12-10-16)25-14-6-13-22)20(24)23(3)18-7-4-5-8-19(18)26-21/h4-5,7-12,15H,6,13-14H2,1-3H3. The Hall–Kier alpha value is -1.46. The number of halogens is 1. The molecule has 2 aromatic carbocycles. The maximum atomic E-state index is 13.4. The van der Waals surface area contributed by atoms with Crippen LogP contribution in [-0.4, -0.2) is 24.9 Å². The molecule has 0 aromatic heterocycles. The lowest BCUT2D eigenvalue weighted by Gasteiger charge is -2.43. The highest BCUT2D eigenvalue weighted by atomic mass is 79.9. The molecule has 0 saturated heterocycles. The van der Waals surface area contributed by atoms with Crippen molar-refractivity contribution in [3.8, 4) is 5.75 Å². The van der Waals surface area contributed by atoms with Gasteiger partial charge in [0.05, 0.1) is 12.3 Å². The Balaban J connectivity index is 1.97. The van der Waals surface area contributed by atoms with Crippen LogP contribution in [0.5, 0.6) is 5.75 Å². The third kappa shape index (κ3) is 3.39. The topological polar surface area (TPSA) is 29.5 Å². The number of para-hydroxylation sites is 1. The van der Waals surface area contributed by atoms with Crippen LogP contribution in [0.1, 0.15) is 25.8 Å². The molecule has 1 amide bonds. The van der Waals surface area contributed by atoms with E-state index < -0.39 is 4.75 Å². The molecule has 0 N–H and O–H groups in total. The Labute approximate surface area is 168 Å². The van der Waals surface area contributed by atoms with Crippen LogP contribution in [0.3, 0.4) is 0 Å². The van der Waals surface area contributed by atoms with Crippen LogP contribution in [0.25, 0.3) is 0 Å². The molecule has 3 nitrogen and oxygen atoms in total. The summed E-state index contributed by atoms with van der Waals surface area (Å²) in [4.78, 5) is 16.4. The van der Waals surface area contributed by atoms with Gasteiger partial charge in [0.15, 0.2) is 0 Å². The second-order valence-corrected chi connectivity index (χ2v) is 8.82. The van der Waals surface area contributed by atoms with Gasteiger partial charge in [0.25, 0.3) is 0 Å². The number of hydrogen-bond donors (Lipinski definition) is 0. The van der Waals surface area contributed by atoms with Crippen LogP contribution in [-0.2, 0) is 9.54 Å². The van der Waals surface area contributed by atoms with Crippen molar-refractivity contribution in [2.45, 2.75) is 29.9 Å². The van der Waals surface area contributed by atoms with E-state index in [-0.39, 0.29) is 11.8 Å². The van der Waals surface area contributed by atoms with Gasteiger partial charge < -0.3 is 9.64 Å². The van der Waals surface area contributed by atoms with Crippen molar-refractivity contribution in [1.29, 1.82) is 0 Å². The molecule has 2 aromatic rings. The highest BCUT2D eigenvalue weighted by molar-refractivity contribution is 9.09. The van der Waals surface area contributed by atoms with Gasteiger partial charge in [-0.3, -0.25) is 4.79 Å². The molecule has 0 saturated carbocycles. The summed E-state index contributed by atoms with van der Waals surface area (Å²) in [5.41, 5.74) is 2.00. The largest absolute Gasteiger partial charge is 0.494 e. The predicted octanol–water partition coefficient (Wildman–Crippen LogP) is 5.47. The molecule has 0 fully saturated rings. The van der Waals surface area contributed by atoms with Crippen LogP contribution in [0.2, 0.25) is 0 Å². The number of rotatable bonds is 6. The molecule has 1 aliphatic rings. The molecule has 0 spiro atoms. The zero-order valence-corrected chi connectivity index (χ0v) is 17.8. The van der Waals surface area contributed by atoms with Crippen molar-refractivity contribution in [2.75, 3.05) is 23.9 Å². The van der Waals surface area contributed by atoms with Crippen LogP contribution in [0.15, 0.2) is 53.4 Å². The smallest absolute Gasteiger partial charge is 0.248 e. The van der Waals surface area contributed by atoms with Gasteiger partial charge in [0.1, 0.15) is 10.5 Å². The van der Waals surface area contributed by atoms with E-state index in [4.69, 9.17) is 4.74 Å². The fourth-order valence-electron chi connectivity index (χ4n) is 3.32. The average Bonchev–Trinajstić information content (AvgIpc) is 2.65. The third-order valence-electron chi connectivity index (χ3n) is 4.76. The van der Waals surface area contributed by atoms with E-state index in [1.54, 1.807) is 16.7 Å². The van der Waals surface area contributed by atoms with Crippen molar-refractivity contribution >= 4 is 39.3 Å². The van der Waals surface area contributed by atoms with Crippen molar-refractivity contribution < 1.29 is 9.53 Å². The van der Waals surface area contributed by atoms with E-state index in [0.29, 0.717) is 6.61 Å². The van der Waals surface area contributed by atoms with Gasteiger partial charge in [0.2, 0.25) is 5.91 Å². The number of fused-ring (bicyclic) bond motifs is 1. The number of alkyl halides is 1. The first-order chi connectivity index (χ1) is 12.5. The summed E-state index contributed by atoms with van der Waals surface area (Å²) in [7, 11) is 1.87. The summed E-state index contributed by atoms with van der Waals surface area (Å²) >= 11 is 5.08. The van der Waals surface area contributed by atoms with Crippen molar-refractivity contribution in [3.63, 3.8) is 0 Å². The Morgan fingerprint density at radius 3 is 2.50 bits per heavy atom. The quantitative estimate of drug-likeness (QED) is 0.446. The zero-order valence-electron chi connectivity index (χ0n) is 15.4. The molecule has 1 aliphatic heterocycles. The average molecular weight is 434 g/mol. The maximum Gasteiger partial charge on any atom is 0.248 e. The normalized spacial score (nSPS) is 19.6. The lowest BCUT2D eigenvalue weighted by Crippen LogP contribution is -2.49. The van der Waals surface area contributed by atoms with Gasteiger partial charge in [-0.2, -0.15) is 0 Å². The maximum absolute atomic E-state index is 13.4. The molecular weight excluding hydrogens is 410 g/mol. The Morgan fingerprint density at radius 2 is 1.85 bits per heavy atom. The number of carbonyl (C=O) groups excluding carboxylic acids is 1. The number of hydrogen-bond acceptors (Lipinski definition) is 3. The third-order valence-corrected chi connectivity index (χ3v) is 7.09. The lowest BCUT2D eigenvalue weighted by atomic mass is 9.85. The number of ether oxygens (including phenoxy) is 1. The van der Waals surface area contributed by atoms with Crippen molar-refractivity contribution in [3.05, 3.63) is 54.1 Å². The molecule has 3 rings (SSSR count). The number of likely N-dealkylation sites (N-methyl/N-ethyl adjacent to an activating group) is 1. The molecule has 0 radical (unpaired) electrons. The van der Waals surface area contributed by atoms with Gasteiger partial charge in [0, 0.05) is 17.3 Å². The van der Waals surface area contributed by atoms with Crippen LogP contribution < -0.4 is 9.64 Å². The minimum atomic E-state index is -0.627. The van der Waals surface area contributed by atoms with Crippen molar-refractivity contribution in [2.24, 2.45) is 5.92 Å². The summed E-state index contributed by atoms with van der Waals surface area (Å²) in [5, 5.41) is 0.929. The number of amides is 1. The van der Waals surface area contributed by atoms with Crippen molar-refractivity contribution in [1.82, 2.24) is 0 Å². The zero-order chi connectivity index (χ0) is 18.7. The molecule has 5 heteroatoms. The summed E-state index contributed by atoms with van der Waals surface area (Å²) in [6, 6.07) is 16.1. The fraction of sp³-hybridized carbons (Fsp3) is 0.381. The molecule has 0 bridgehead atoms. The molecule has 26 heavy (non-hydrogen) atoms.